The van der Waals surface area contributed by atoms with Gasteiger partial charge in [0.15, 0.2) is 1.41 Å². The smallest absolute Gasteiger partial charge is 0.192 e. The van der Waals surface area contributed by atoms with Gasteiger partial charge in [-0.2, -0.15) is 0 Å². The van der Waals surface area contributed by atoms with Crippen molar-refractivity contribution in [2.75, 3.05) is 19.6 Å². The molecular formula is C105H80N5P. The second kappa shape index (κ2) is 33.7. The van der Waals surface area contributed by atoms with Crippen LogP contribution in [0.5, 0.6) is 0 Å². The third kappa shape index (κ3) is 15.8. The normalized spacial score (nSPS) is 10.9. The molecule has 18 aromatic carbocycles. The summed E-state index contributed by atoms with van der Waals surface area (Å²) in [4.78, 5) is 9.41. The third-order valence-electron chi connectivity index (χ3n) is 20.4. The van der Waals surface area contributed by atoms with Gasteiger partial charge in [0, 0.05) is 67.5 Å². The van der Waals surface area contributed by atoms with Crippen LogP contribution in [0.2, 0.25) is 1.41 Å². The highest BCUT2D eigenvalue weighted by molar-refractivity contribution is 7.02. The van der Waals surface area contributed by atoms with Gasteiger partial charge in [-0.25, -0.2) is 0 Å². The summed E-state index contributed by atoms with van der Waals surface area (Å²) in [5, 5.41) is 7.46. The highest BCUT2D eigenvalue weighted by Crippen LogP contribution is 2.47. The Morgan fingerprint density at radius 3 is 0.757 bits per heavy atom. The molecule has 111 heavy (non-hydrogen) atoms. The van der Waals surface area contributed by atoms with Crippen molar-refractivity contribution in [3.05, 3.63) is 461 Å². The number of hydrogen-bond acceptors (Lipinski definition) is 5. The second-order valence-corrected chi connectivity index (χ2v) is 27.3. The van der Waals surface area contributed by atoms with Gasteiger partial charge in [-0.3, -0.25) is 5.15 Å². The summed E-state index contributed by atoms with van der Waals surface area (Å²) in [6.07, 6.45) is 0. The first-order valence-corrected chi connectivity index (χ1v) is 37.9. The van der Waals surface area contributed by atoms with E-state index < -0.39 is 0 Å². The van der Waals surface area contributed by atoms with Crippen LogP contribution < -0.4 is 19.6 Å². The zero-order valence-electron chi connectivity index (χ0n) is 62.5. The predicted molar refractivity (Wildman–Crippen MR) is 475 cm³/mol. The van der Waals surface area contributed by atoms with E-state index in [2.05, 4.69) is 496 Å². The van der Waals surface area contributed by atoms with E-state index in [1.165, 1.54) is 77.2 Å². The van der Waals surface area contributed by atoms with E-state index in [0.29, 0.717) is 0 Å². The molecule has 0 saturated carbocycles. The van der Waals surface area contributed by atoms with Crippen molar-refractivity contribution >= 4 is 98.8 Å². The monoisotopic (exact) mass is 1440 g/mol. The summed E-state index contributed by atoms with van der Waals surface area (Å²) in [6.45, 7) is 2.13. The maximum absolute atomic E-state index is 5.75. The van der Waals surface area contributed by atoms with Crippen molar-refractivity contribution < 1.29 is 1.41 Å². The molecule has 18 aromatic rings. The number of aryl methyl sites for hydroxylation is 1. The molecule has 18 rings (SSSR count). The molecule has 1 N–H and O–H groups in total. The van der Waals surface area contributed by atoms with E-state index >= 15 is 0 Å². The fourth-order valence-corrected chi connectivity index (χ4v) is 14.9. The number of nitrogens with zero attached hydrogens (tertiary/aromatic N) is 4. The number of nitrogens with one attached hydrogen (secondary N) is 1. The first-order chi connectivity index (χ1) is 55.4. The van der Waals surface area contributed by atoms with Gasteiger partial charge >= 0.3 is 0 Å². The minimum Gasteiger partial charge on any atom is -0.311 e. The van der Waals surface area contributed by atoms with Crippen LogP contribution in [0.3, 0.4) is 0 Å². The lowest BCUT2D eigenvalue weighted by atomic mass is 9.96. The van der Waals surface area contributed by atoms with Crippen LogP contribution in [0.4, 0.5) is 68.2 Å². The van der Waals surface area contributed by atoms with Crippen LogP contribution in [0, 0.1) is 12.1 Å². The Bertz CT molecular complexity index is 5930. The Hall–Kier alpha value is -14.2. The van der Waals surface area contributed by atoms with Gasteiger partial charge in [0.25, 0.3) is 0 Å². The molecule has 0 aromatic heterocycles. The molecule has 0 heterocycles. The Kier molecular flexibility index (Phi) is 21.2. The van der Waals surface area contributed by atoms with Crippen molar-refractivity contribution in [1.29, 1.82) is 5.15 Å². The quantitative estimate of drug-likeness (QED) is 0.0869. The van der Waals surface area contributed by atoms with E-state index in [0.717, 1.165) is 84.9 Å². The van der Waals surface area contributed by atoms with Gasteiger partial charge in [-0.05, 0) is 221 Å². The molecule has 0 amide bonds. The first kappa shape index (κ1) is 69.8. The summed E-state index contributed by atoms with van der Waals surface area (Å²) in [5.74, 6) is 0. The van der Waals surface area contributed by atoms with E-state index in [1.54, 1.807) is 0 Å². The van der Waals surface area contributed by atoms with Crippen LogP contribution in [0.15, 0.2) is 455 Å². The number of fused-ring (bicyclic) bond motifs is 2. The summed E-state index contributed by atoms with van der Waals surface area (Å²) >= 11 is 0. The molecule has 5 nitrogen and oxygen atoms in total. The van der Waals surface area contributed by atoms with Crippen molar-refractivity contribution in [3.8, 4) is 66.8 Å². The SMILES string of the molecule is Cc1ccc(N(c2ccc(-c3ccccc3)cc2)c2ccc(-c3ccc(N(c4ccc(-c5ccccc5)cc4)c4ccc(-c5ccccc5)cc4-c4ccccc4)cc3)cc2)cc1.[2H]N=P.c1ccc(N(c2ccc(-c3ccc(N(c4ccccc4)c4cccc5ccccc45)cc3)cc2)c2cccc3ccccc23)cc1. The zero-order valence-corrected chi connectivity index (χ0v) is 62.5. The highest BCUT2D eigenvalue weighted by atomic mass is 31.0. The lowest BCUT2D eigenvalue weighted by Gasteiger charge is -2.29. The second-order valence-electron chi connectivity index (χ2n) is 27.3. The summed E-state index contributed by atoms with van der Waals surface area (Å²) in [5.41, 5.74) is 28.8. The molecule has 0 aliphatic carbocycles. The van der Waals surface area contributed by atoms with E-state index in [1.807, 2.05) is 0 Å². The molecule has 0 fully saturated rings. The maximum Gasteiger partial charge on any atom is 0.192 e. The van der Waals surface area contributed by atoms with Gasteiger partial charge in [0.2, 0.25) is 0 Å². The Morgan fingerprint density at radius 1 is 0.198 bits per heavy atom. The van der Waals surface area contributed by atoms with Crippen molar-refractivity contribution in [2.24, 2.45) is 0 Å². The molecule has 0 bridgehead atoms. The van der Waals surface area contributed by atoms with Gasteiger partial charge in [-0.15, -0.1) is 0 Å². The molecule has 0 aliphatic heterocycles. The molecule has 0 saturated heterocycles. The van der Waals surface area contributed by atoms with Gasteiger partial charge < -0.3 is 19.6 Å². The topological polar surface area (TPSA) is 36.8 Å². The number of anilines is 12. The molecule has 0 atom stereocenters. The Morgan fingerprint density at radius 2 is 0.423 bits per heavy atom. The van der Waals surface area contributed by atoms with Gasteiger partial charge in [0.05, 0.1) is 17.1 Å². The van der Waals surface area contributed by atoms with Crippen LogP contribution in [0.1, 0.15) is 5.56 Å². The zero-order chi connectivity index (χ0) is 75.8. The number of rotatable bonds is 18. The van der Waals surface area contributed by atoms with E-state index in [4.69, 9.17) is 1.41 Å². The highest BCUT2D eigenvalue weighted by Gasteiger charge is 2.22. The minimum atomic E-state index is 1.08. The third-order valence-corrected chi connectivity index (χ3v) is 20.4. The van der Waals surface area contributed by atoms with E-state index in [-0.39, 0.29) is 0 Å². The molecule has 0 unspecified atom stereocenters. The lowest BCUT2D eigenvalue weighted by molar-refractivity contribution is 1.27. The van der Waals surface area contributed by atoms with Gasteiger partial charge in [0.1, 0.15) is 0 Å². The van der Waals surface area contributed by atoms with Crippen molar-refractivity contribution in [3.63, 3.8) is 0 Å². The van der Waals surface area contributed by atoms with Crippen molar-refractivity contribution in [2.45, 2.75) is 6.92 Å². The largest absolute Gasteiger partial charge is 0.311 e. The van der Waals surface area contributed by atoms with Gasteiger partial charge in [-0.1, -0.05) is 327 Å². The summed E-state index contributed by atoms with van der Waals surface area (Å²) in [7, 11) is 2.48. The summed E-state index contributed by atoms with van der Waals surface area (Å²) in [6, 6.07) is 163. The van der Waals surface area contributed by atoms with E-state index in [9.17, 15) is 0 Å². The maximum atomic E-state index is 5.75. The molecule has 0 aliphatic rings. The average molecular weight is 1440 g/mol. The molecular weight excluding hydrogens is 1360 g/mol. The standard InChI is InChI=1S/C61H46N2.C44H32N2.H2NP/c1-45-22-33-55(34-23-45)62(56-35-24-49(25-36-56)46-14-6-2-7-15-46)57-37-26-51(27-38-57)52-30-41-59(42-31-52)63(58-39-28-50(29-40-58)47-16-8-3-9-17-47)61-43-32-54(48-18-10-4-11-19-48)44-60(61)53-20-12-5-13-21-53;1-3-17-37(18-4-1)45(43-23-11-15-35-13-7-9-21-41(35)43)39-29-25-33(26-30-39)34-27-31-40(32-28-34)46(38-19-5-2-6-20-38)44-24-12-16-36-14-8-10-22-42(36)44;1-2/h2-44H,1H3;1-32H;1-2H/i/hD. The Labute approximate surface area is 655 Å². The molecule has 6 heteroatoms. The fourth-order valence-electron chi connectivity index (χ4n) is 14.9. The van der Waals surface area contributed by atoms with Crippen LogP contribution in [-0.2, 0) is 0 Å². The van der Waals surface area contributed by atoms with Crippen LogP contribution in [0.25, 0.3) is 88.3 Å². The lowest BCUT2D eigenvalue weighted by Crippen LogP contribution is -2.11. The predicted octanol–water partition coefficient (Wildman–Crippen LogP) is 30.8. The average Bonchev–Trinajstić information content (AvgIpc) is 0.782. The van der Waals surface area contributed by atoms with Crippen LogP contribution in [-0.4, -0.2) is 0 Å². The van der Waals surface area contributed by atoms with Crippen molar-refractivity contribution in [1.82, 2.24) is 0 Å². The minimum absolute atomic E-state index is 1.08. The van der Waals surface area contributed by atoms with Crippen LogP contribution >= 0.6 is 9.03 Å². The number of para-hydroxylation sites is 2. The molecule has 0 radical (unpaired) electrons. The number of hydrogen-bond donors (Lipinski definition) is 1. The fraction of sp³-hybridized carbons (Fsp3) is 0.00952. The first-order valence-electron chi connectivity index (χ1n) is 37.9. The Balaban J connectivity index is 0.000000171. The summed E-state index contributed by atoms with van der Waals surface area (Å²) < 4.78 is 5.75. The number of benzene rings is 18. The molecule has 0 spiro atoms. The molecule has 530 valence electrons.